The summed E-state index contributed by atoms with van der Waals surface area (Å²) in [6.45, 7) is 0.610. The van der Waals surface area contributed by atoms with Crippen molar-refractivity contribution in [1.29, 1.82) is 0 Å². The first-order chi connectivity index (χ1) is 9.97. The third-order valence-corrected chi connectivity index (χ3v) is 3.91. The van der Waals surface area contributed by atoms with E-state index in [-0.39, 0.29) is 24.2 Å². The van der Waals surface area contributed by atoms with Crippen LogP contribution in [0, 0.1) is 11.7 Å². The number of carbonyl (C=O) groups is 2. The molecule has 1 aromatic rings. The van der Waals surface area contributed by atoms with Crippen LogP contribution in [-0.4, -0.2) is 36.4 Å². The topological polar surface area (TPSA) is 72.6 Å². The van der Waals surface area contributed by atoms with Gasteiger partial charge in [-0.2, -0.15) is 0 Å². The largest absolute Gasteiger partial charge is 0.481 e. The van der Waals surface area contributed by atoms with Crippen molar-refractivity contribution < 1.29 is 18.7 Å². The van der Waals surface area contributed by atoms with Crippen molar-refractivity contribution in [1.82, 2.24) is 4.90 Å². The minimum atomic E-state index is -0.536. The molecule has 1 fully saturated rings. The molecule has 0 aliphatic carbocycles. The highest BCUT2D eigenvalue weighted by atomic mass is 79.9. The molecule has 1 saturated heterocycles. The van der Waals surface area contributed by atoms with E-state index >= 15 is 0 Å². The molecule has 1 aliphatic rings. The Morgan fingerprint density at radius 2 is 2.24 bits per heavy atom. The number of rotatable bonds is 4. The second-order valence-electron chi connectivity index (χ2n) is 4.94. The molecule has 1 unspecified atom stereocenters. The molecule has 2 amide bonds. The van der Waals surface area contributed by atoms with Gasteiger partial charge in [0.1, 0.15) is 0 Å². The van der Waals surface area contributed by atoms with Crippen LogP contribution in [0.4, 0.5) is 4.39 Å². The van der Waals surface area contributed by atoms with Gasteiger partial charge in [0, 0.05) is 17.6 Å². The maximum absolute atomic E-state index is 13.6. The predicted octanol–water partition coefficient (Wildman–Crippen LogP) is 1.69. The lowest BCUT2D eigenvalue weighted by molar-refractivity contribution is -0.136. The van der Waals surface area contributed by atoms with Crippen LogP contribution in [0.25, 0.3) is 0 Å². The summed E-state index contributed by atoms with van der Waals surface area (Å²) in [5.74, 6) is -1.50. The van der Waals surface area contributed by atoms with E-state index in [1.807, 2.05) is 0 Å². The van der Waals surface area contributed by atoms with E-state index < -0.39 is 11.7 Å². The van der Waals surface area contributed by atoms with Gasteiger partial charge in [-0.3, -0.25) is 9.59 Å². The zero-order chi connectivity index (χ0) is 15.4. The van der Waals surface area contributed by atoms with Crippen molar-refractivity contribution in [2.24, 2.45) is 11.7 Å². The molecule has 1 atom stereocenters. The third-order valence-electron chi connectivity index (χ3n) is 3.42. The van der Waals surface area contributed by atoms with E-state index in [0.29, 0.717) is 24.0 Å². The highest BCUT2D eigenvalue weighted by Gasteiger charge is 2.27. The molecule has 5 nitrogen and oxygen atoms in total. The SMILES string of the molecule is NC(=O)C1CCCN(C(=O)COc2ccc(Br)cc2F)C1. The van der Waals surface area contributed by atoms with Crippen LogP contribution in [0.5, 0.6) is 5.75 Å². The van der Waals surface area contributed by atoms with Crippen LogP contribution in [0.2, 0.25) is 0 Å². The molecule has 0 saturated carbocycles. The van der Waals surface area contributed by atoms with Gasteiger partial charge in [0.25, 0.3) is 5.91 Å². The average molecular weight is 359 g/mol. The molecule has 7 heteroatoms. The van der Waals surface area contributed by atoms with Crippen LogP contribution in [0.1, 0.15) is 12.8 Å². The lowest BCUT2D eigenvalue weighted by Gasteiger charge is -2.31. The number of nitrogens with two attached hydrogens (primary N) is 1. The number of hydrogen-bond donors (Lipinski definition) is 1. The number of benzene rings is 1. The van der Waals surface area contributed by atoms with Crippen molar-refractivity contribution in [2.75, 3.05) is 19.7 Å². The van der Waals surface area contributed by atoms with Crippen LogP contribution in [0.15, 0.2) is 22.7 Å². The Kier molecular flexibility index (Phi) is 5.17. The lowest BCUT2D eigenvalue weighted by Crippen LogP contribution is -2.45. The maximum Gasteiger partial charge on any atom is 0.260 e. The molecule has 1 aliphatic heterocycles. The summed E-state index contributed by atoms with van der Waals surface area (Å²) in [4.78, 5) is 24.7. The zero-order valence-electron chi connectivity index (χ0n) is 11.4. The van der Waals surface area contributed by atoms with E-state index in [1.165, 1.54) is 17.0 Å². The molecular formula is C14H16BrFN2O3. The summed E-state index contributed by atoms with van der Waals surface area (Å²) < 4.78 is 19.4. The minimum Gasteiger partial charge on any atom is -0.481 e. The summed E-state index contributed by atoms with van der Waals surface area (Å²) in [7, 11) is 0. The molecule has 2 rings (SSSR count). The van der Waals surface area contributed by atoms with Crippen LogP contribution >= 0.6 is 15.9 Å². The van der Waals surface area contributed by atoms with Crippen molar-refractivity contribution in [3.05, 3.63) is 28.5 Å². The molecule has 0 radical (unpaired) electrons. The molecule has 1 heterocycles. The number of nitrogens with zero attached hydrogens (tertiary/aromatic N) is 1. The van der Waals surface area contributed by atoms with Crippen LogP contribution in [0.3, 0.4) is 0 Å². The van der Waals surface area contributed by atoms with Gasteiger partial charge in [-0.25, -0.2) is 4.39 Å². The molecule has 0 bridgehead atoms. The van der Waals surface area contributed by atoms with Crippen molar-refractivity contribution >= 4 is 27.7 Å². The minimum absolute atomic E-state index is 0.0232. The smallest absolute Gasteiger partial charge is 0.260 e. The van der Waals surface area contributed by atoms with Crippen molar-refractivity contribution in [3.8, 4) is 5.75 Å². The van der Waals surface area contributed by atoms with Gasteiger partial charge in [0.15, 0.2) is 18.2 Å². The Bertz CT molecular complexity index is 553. The number of likely N-dealkylation sites (tertiary alicyclic amines) is 1. The highest BCUT2D eigenvalue weighted by Crippen LogP contribution is 2.22. The maximum atomic E-state index is 13.6. The zero-order valence-corrected chi connectivity index (χ0v) is 12.9. The molecule has 2 N–H and O–H groups in total. The van der Waals surface area contributed by atoms with Crippen LogP contribution < -0.4 is 10.5 Å². The van der Waals surface area contributed by atoms with Crippen molar-refractivity contribution in [2.45, 2.75) is 12.8 Å². The van der Waals surface area contributed by atoms with Crippen LogP contribution in [-0.2, 0) is 9.59 Å². The number of hydrogen-bond acceptors (Lipinski definition) is 3. The first kappa shape index (κ1) is 15.8. The Labute approximate surface area is 130 Å². The fraction of sp³-hybridized carbons (Fsp3) is 0.429. The number of amides is 2. The number of piperidine rings is 1. The number of ether oxygens (including phenoxy) is 1. The molecular weight excluding hydrogens is 343 g/mol. The first-order valence-electron chi connectivity index (χ1n) is 6.62. The Morgan fingerprint density at radius 3 is 2.90 bits per heavy atom. The second-order valence-corrected chi connectivity index (χ2v) is 5.86. The van der Waals surface area contributed by atoms with E-state index in [2.05, 4.69) is 15.9 Å². The fourth-order valence-corrected chi connectivity index (χ4v) is 2.59. The molecule has 114 valence electrons. The number of halogens is 2. The molecule has 21 heavy (non-hydrogen) atoms. The quantitative estimate of drug-likeness (QED) is 0.889. The Hall–Kier alpha value is -1.63. The standard InChI is InChI=1S/C14H16BrFN2O3/c15-10-3-4-12(11(16)6-10)21-8-13(19)18-5-1-2-9(7-18)14(17)20/h3-4,6,9H,1-2,5,7-8H2,(H2,17,20). The van der Waals surface area contributed by atoms with Gasteiger partial charge < -0.3 is 15.4 Å². The van der Waals surface area contributed by atoms with Gasteiger partial charge in [-0.15, -0.1) is 0 Å². The van der Waals surface area contributed by atoms with E-state index in [0.717, 1.165) is 6.42 Å². The van der Waals surface area contributed by atoms with Gasteiger partial charge >= 0.3 is 0 Å². The monoisotopic (exact) mass is 358 g/mol. The predicted molar refractivity (Wildman–Crippen MR) is 78.1 cm³/mol. The lowest BCUT2D eigenvalue weighted by atomic mass is 9.97. The molecule has 0 aromatic heterocycles. The van der Waals surface area contributed by atoms with Gasteiger partial charge in [0.05, 0.1) is 5.92 Å². The number of primary amides is 1. The normalized spacial score (nSPS) is 18.4. The fourth-order valence-electron chi connectivity index (χ4n) is 2.26. The summed E-state index contributed by atoms with van der Waals surface area (Å²) in [5, 5.41) is 0. The highest BCUT2D eigenvalue weighted by molar-refractivity contribution is 9.10. The first-order valence-corrected chi connectivity index (χ1v) is 7.41. The Morgan fingerprint density at radius 1 is 1.48 bits per heavy atom. The third kappa shape index (κ3) is 4.17. The summed E-state index contributed by atoms with van der Waals surface area (Å²) in [6.07, 6.45) is 1.42. The summed E-state index contributed by atoms with van der Waals surface area (Å²) in [5.41, 5.74) is 5.27. The van der Waals surface area contributed by atoms with Gasteiger partial charge in [0.2, 0.25) is 5.91 Å². The second kappa shape index (κ2) is 6.89. The average Bonchev–Trinajstić information content (AvgIpc) is 2.46. The van der Waals surface area contributed by atoms with E-state index in [1.54, 1.807) is 6.07 Å². The Balaban J connectivity index is 1.90. The molecule has 0 spiro atoms. The van der Waals surface area contributed by atoms with Gasteiger partial charge in [-0.05, 0) is 31.0 Å². The van der Waals surface area contributed by atoms with E-state index in [4.69, 9.17) is 10.5 Å². The molecule has 1 aromatic carbocycles. The van der Waals surface area contributed by atoms with E-state index in [9.17, 15) is 14.0 Å². The summed E-state index contributed by atoms with van der Waals surface area (Å²) in [6, 6.07) is 4.35. The van der Waals surface area contributed by atoms with Crippen molar-refractivity contribution in [3.63, 3.8) is 0 Å². The van der Waals surface area contributed by atoms with Gasteiger partial charge in [-0.1, -0.05) is 15.9 Å². The summed E-state index contributed by atoms with van der Waals surface area (Å²) >= 11 is 3.14. The number of carbonyl (C=O) groups excluding carboxylic acids is 2.